The molecular formula is C21H32N2O8S. The standard InChI is InChI=1S/C21H32N2O8S/c1-17(24)22-13-8-14-32(27,28)31-15-21(2,3)11-7-12-23-20(26)30-16-29-19(25)18-9-5-4-6-10-18/h4-6,9-10H,7-8,11-16H2,1-3H3,(H,22,24)(H,23,26). The molecule has 0 aliphatic carbocycles. The predicted octanol–water partition coefficient (Wildman–Crippen LogP) is 2.21. The van der Waals surface area contributed by atoms with Crippen LogP contribution in [0.15, 0.2) is 30.3 Å². The Morgan fingerprint density at radius 2 is 1.62 bits per heavy atom. The molecule has 0 bridgehead atoms. The number of carbonyl (C=O) groups excluding carboxylic acids is 3. The molecule has 0 radical (unpaired) electrons. The highest BCUT2D eigenvalue weighted by Crippen LogP contribution is 2.23. The first kappa shape index (κ1) is 27.4. The van der Waals surface area contributed by atoms with Crippen molar-refractivity contribution in [3.63, 3.8) is 0 Å². The summed E-state index contributed by atoms with van der Waals surface area (Å²) in [6.45, 7) is 5.17. The summed E-state index contributed by atoms with van der Waals surface area (Å²) in [5.41, 5.74) is -0.0719. The van der Waals surface area contributed by atoms with Gasteiger partial charge >= 0.3 is 12.1 Å². The lowest BCUT2D eigenvalue weighted by molar-refractivity contribution is -0.118. The van der Waals surface area contributed by atoms with Gasteiger partial charge in [-0.1, -0.05) is 32.0 Å². The third-order valence-electron chi connectivity index (χ3n) is 4.26. The van der Waals surface area contributed by atoms with Crippen molar-refractivity contribution >= 4 is 28.1 Å². The predicted molar refractivity (Wildman–Crippen MR) is 117 cm³/mol. The van der Waals surface area contributed by atoms with Crippen molar-refractivity contribution < 1.29 is 36.5 Å². The number of nitrogens with one attached hydrogen (secondary N) is 2. The third kappa shape index (κ3) is 12.9. The molecule has 0 aromatic heterocycles. The maximum Gasteiger partial charge on any atom is 0.410 e. The molecule has 0 aliphatic heterocycles. The van der Waals surface area contributed by atoms with Gasteiger partial charge < -0.3 is 20.1 Å². The molecular weight excluding hydrogens is 440 g/mol. The summed E-state index contributed by atoms with van der Waals surface area (Å²) >= 11 is 0. The minimum atomic E-state index is -3.68. The minimum Gasteiger partial charge on any atom is -0.424 e. The fraction of sp³-hybridized carbons (Fsp3) is 0.571. The van der Waals surface area contributed by atoms with E-state index in [1.165, 1.54) is 6.92 Å². The maximum atomic E-state index is 11.9. The van der Waals surface area contributed by atoms with Crippen molar-refractivity contribution in [1.82, 2.24) is 10.6 Å². The number of amides is 2. The summed E-state index contributed by atoms with van der Waals surface area (Å²) in [5, 5.41) is 5.07. The van der Waals surface area contributed by atoms with Crippen molar-refractivity contribution in [2.24, 2.45) is 5.41 Å². The number of rotatable bonds is 14. The number of hydrogen-bond acceptors (Lipinski definition) is 8. The first-order valence-electron chi connectivity index (χ1n) is 10.3. The van der Waals surface area contributed by atoms with Crippen LogP contribution in [0, 0.1) is 5.41 Å². The van der Waals surface area contributed by atoms with Crippen molar-refractivity contribution in [3.8, 4) is 0 Å². The zero-order valence-electron chi connectivity index (χ0n) is 18.7. The van der Waals surface area contributed by atoms with Crippen LogP contribution in [0.2, 0.25) is 0 Å². The van der Waals surface area contributed by atoms with Gasteiger partial charge in [-0.15, -0.1) is 0 Å². The summed E-state index contributed by atoms with van der Waals surface area (Å²) in [4.78, 5) is 34.2. The summed E-state index contributed by atoms with van der Waals surface area (Å²) < 4.78 is 38.6. The molecule has 0 saturated heterocycles. The van der Waals surface area contributed by atoms with Gasteiger partial charge in [-0.2, -0.15) is 8.42 Å². The molecule has 0 atom stereocenters. The van der Waals surface area contributed by atoms with Crippen LogP contribution < -0.4 is 10.6 Å². The summed E-state index contributed by atoms with van der Waals surface area (Å²) in [7, 11) is -3.68. The largest absolute Gasteiger partial charge is 0.424 e. The second kappa shape index (κ2) is 13.7. The molecule has 11 heteroatoms. The van der Waals surface area contributed by atoms with E-state index in [1.807, 2.05) is 13.8 Å². The third-order valence-corrected chi connectivity index (χ3v) is 5.53. The molecule has 0 saturated carbocycles. The lowest BCUT2D eigenvalue weighted by atomic mass is 9.89. The Kier molecular flexibility index (Phi) is 11.7. The fourth-order valence-electron chi connectivity index (χ4n) is 2.50. The smallest absolute Gasteiger partial charge is 0.410 e. The van der Waals surface area contributed by atoms with Gasteiger partial charge in [-0.25, -0.2) is 9.59 Å². The Morgan fingerprint density at radius 1 is 0.969 bits per heavy atom. The van der Waals surface area contributed by atoms with E-state index in [1.54, 1.807) is 30.3 Å². The van der Waals surface area contributed by atoms with Crippen LogP contribution in [0.5, 0.6) is 0 Å². The second-order valence-corrected chi connectivity index (χ2v) is 9.66. The van der Waals surface area contributed by atoms with E-state index in [2.05, 4.69) is 10.6 Å². The van der Waals surface area contributed by atoms with E-state index in [-0.39, 0.29) is 31.2 Å². The van der Waals surface area contributed by atoms with Gasteiger partial charge in [0.25, 0.3) is 10.1 Å². The van der Waals surface area contributed by atoms with Crippen LogP contribution in [-0.2, 0) is 28.6 Å². The number of alkyl carbamates (subject to hydrolysis) is 1. The number of carbonyl (C=O) groups is 3. The molecule has 180 valence electrons. The average molecular weight is 473 g/mol. The molecule has 1 aromatic rings. The second-order valence-electron chi connectivity index (χ2n) is 7.90. The Balaban J connectivity index is 2.17. The number of ether oxygens (including phenoxy) is 2. The molecule has 10 nitrogen and oxygen atoms in total. The van der Waals surface area contributed by atoms with Crippen molar-refractivity contribution in [2.45, 2.75) is 40.0 Å². The number of benzene rings is 1. The van der Waals surface area contributed by atoms with E-state index in [0.717, 1.165) is 0 Å². The lowest BCUT2D eigenvalue weighted by Crippen LogP contribution is -2.29. The van der Waals surface area contributed by atoms with E-state index in [4.69, 9.17) is 13.7 Å². The van der Waals surface area contributed by atoms with Crippen LogP contribution in [0.25, 0.3) is 0 Å². The number of esters is 1. The lowest BCUT2D eigenvalue weighted by Gasteiger charge is -2.24. The number of hydrogen-bond donors (Lipinski definition) is 2. The quantitative estimate of drug-likeness (QED) is 0.182. The van der Waals surface area contributed by atoms with E-state index in [0.29, 0.717) is 24.9 Å². The van der Waals surface area contributed by atoms with Gasteiger partial charge in [0, 0.05) is 20.0 Å². The molecule has 2 amide bonds. The zero-order valence-corrected chi connectivity index (χ0v) is 19.5. The SMILES string of the molecule is CC(=O)NCCCS(=O)(=O)OCC(C)(C)CCCNC(=O)OCOC(=O)c1ccccc1. The van der Waals surface area contributed by atoms with E-state index < -0.39 is 34.4 Å². The van der Waals surface area contributed by atoms with Crippen LogP contribution in [-0.4, -0.2) is 58.6 Å². The van der Waals surface area contributed by atoms with Crippen LogP contribution in [0.1, 0.15) is 50.4 Å². The van der Waals surface area contributed by atoms with Crippen LogP contribution >= 0.6 is 0 Å². The van der Waals surface area contributed by atoms with Crippen LogP contribution in [0.4, 0.5) is 4.79 Å². The Hall–Kier alpha value is -2.66. The van der Waals surface area contributed by atoms with Crippen molar-refractivity contribution in [3.05, 3.63) is 35.9 Å². The summed E-state index contributed by atoms with van der Waals surface area (Å²) in [6, 6.07) is 8.33. The van der Waals surface area contributed by atoms with Gasteiger partial charge in [0.1, 0.15) is 0 Å². The monoisotopic (exact) mass is 472 g/mol. The molecule has 1 aromatic carbocycles. The molecule has 2 N–H and O–H groups in total. The summed E-state index contributed by atoms with van der Waals surface area (Å²) in [6.07, 6.45) is 0.714. The van der Waals surface area contributed by atoms with Gasteiger partial charge in [0.05, 0.1) is 17.9 Å². The van der Waals surface area contributed by atoms with E-state index in [9.17, 15) is 22.8 Å². The zero-order chi connectivity index (χ0) is 24.0. The minimum absolute atomic E-state index is 0.00928. The van der Waals surface area contributed by atoms with E-state index >= 15 is 0 Å². The summed E-state index contributed by atoms with van der Waals surface area (Å²) in [5.74, 6) is -0.980. The molecule has 0 fully saturated rings. The van der Waals surface area contributed by atoms with Crippen molar-refractivity contribution in [1.29, 1.82) is 0 Å². The highest BCUT2D eigenvalue weighted by Gasteiger charge is 2.22. The molecule has 0 spiro atoms. The van der Waals surface area contributed by atoms with Crippen molar-refractivity contribution in [2.75, 3.05) is 32.2 Å². The molecule has 1 rings (SSSR count). The Morgan fingerprint density at radius 3 is 2.28 bits per heavy atom. The fourth-order valence-corrected chi connectivity index (χ4v) is 3.61. The first-order valence-corrected chi connectivity index (χ1v) is 11.8. The van der Waals surface area contributed by atoms with Gasteiger partial charge in [0.2, 0.25) is 12.7 Å². The highest BCUT2D eigenvalue weighted by atomic mass is 32.2. The van der Waals surface area contributed by atoms with Crippen LogP contribution in [0.3, 0.4) is 0 Å². The molecule has 32 heavy (non-hydrogen) atoms. The van der Waals surface area contributed by atoms with Gasteiger partial charge in [-0.3, -0.25) is 8.98 Å². The van der Waals surface area contributed by atoms with Gasteiger partial charge in [-0.05, 0) is 36.8 Å². The highest BCUT2D eigenvalue weighted by molar-refractivity contribution is 7.86. The topological polar surface area (TPSA) is 137 Å². The molecule has 0 aliphatic rings. The first-order chi connectivity index (χ1) is 15.0. The Labute approximate surface area is 189 Å². The molecule has 0 heterocycles. The maximum absolute atomic E-state index is 11.9. The molecule has 0 unspecified atom stereocenters. The Bertz CT molecular complexity index is 841. The average Bonchev–Trinajstić information content (AvgIpc) is 2.74. The normalized spacial score (nSPS) is 11.5. The van der Waals surface area contributed by atoms with Gasteiger partial charge in [0.15, 0.2) is 0 Å².